The van der Waals surface area contributed by atoms with Crippen molar-refractivity contribution in [1.29, 1.82) is 0 Å². The molecule has 1 atom stereocenters. The number of hydrogen-bond acceptors (Lipinski definition) is 6. The zero-order valence-corrected chi connectivity index (χ0v) is 23.0. The molecular weight excluding hydrogens is 492 g/mol. The maximum absolute atomic E-state index is 13.0. The van der Waals surface area contributed by atoms with E-state index < -0.39 is 16.6 Å². The molecule has 1 heterocycles. The van der Waals surface area contributed by atoms with Crippen LogP contribution in [0.1, 0.15) is 67.9 Å². The molecule has 1 unspecified atom stereocenters. The van der Waals surface area contributed by atoms with E-state index in [1.54, 1.807) is 18.1 Å². The highest BCUT2D eigenvalue weighted by molar-refractivity contribution is 7.82. The van der Waals surface area contributed by atoms with E-state index in [-0.39, 0.29) is 11.9 Å². The number of aryl methyl sites for hydroxylation is 1. The Hall–Kier alpha value is -2.91. The third-order valence-corrected chi connectivity index (χ3v) is 6.82. The number of unbranched alkanes of at least 4 members (excludes halogenated alkanes) is 1. The summed E-state index contributed by atoms with van der Waals surface area (Å²) in [6.07, 6.45) is 3.40. The quantitative estimate of drug-likeness (QED) is 0.329. The Morgan fingerprint density at radius 3 is 2.59 bits per heavy atom. The van der Waals surface area contributed by atoms with Gasteiger partial charge in [0.1, 0.15) is 28.1 Å². The minimum absolute atomic E-state index is 0.0436. The molecule has 8 nitrogen and oxygen atoms in total. The van der Waals surface area contributed by atoms with Crippen molar-refractivity contribution in [3.63, 3.8) is 0 Å². The molecule has 2 aromatic rings. The standard InChI is InChI=1S/C28H38N2O6S/c1-28(2,3)36-27(32)30(16-14-20-10-5-6-13-24(20)34-4)15-8-7-12-23(31)22-18-21-11-9-17-35-26(21)25(19-22)37(29)33/h5-6,10,13,18-19H,7-9,11-12,14-17,29H2,1-4H3. The number of fused-ring (bicyclic) bond motifs is 1. The highest BCUT2D eigenvalue weighted by atomic mass is 32.2. The number of carbonyl (C=O) groups excluding carboxylic acids is 2. The first-order valence-electron chi connectivity index (χ1n) is 12.7. The first kappa shape index (κ1) is 28.7. The highest BCUT2D eigenvalue weighted by Gasteiger charge is 2.23. The number of rotatable bonds is 11. The monoisotopic (exact) mass is 530 g/mol. The van der Waals surface area contributed by atoms with E-state index in [0.29, 0.717) is 61.6 Å². The second-order valence-electron chi connectivity index (χ2n) is 10.1. The molecule has 0 spiro atoms. The van der Waals surface area contributed by atoms with Crippen molar-refractivity contribution in [2.45, 2.75) is 69.8 Å². The van der Waals surface area contributed by atoms with Gasteiger partial charge in [-0.2, -0.15) is 0 Å². The lowest BCUT2D eigenvalue weighted by molar-refractivity contribution is 0.0249. The second kappa shape index (κ2) is 13.1. The Balaban J connectivity index is 1.61. The Bertz CT molecular complexity index is 1130. The topological polar surface area (TPSA) is 108 Å². The van der Waals surface area contributed by atoms with E-state index in [1.807, 2.05) is 51.1 Å². The normalized spacial score (nSPS) is 13.8. The van der Waals surface area contributed by atoms with Gasteiger partial charge in [0, 0.05) is 25.1 Å². The number of carbonyl (C=O) groups is 2. The molecular formula is C28H38N2O6S. The third kappa shape index (κ3) is 8.30. The number of nitrogens with zero attached hydrogens (tertiary/aromatic N) is 1. The van der Waals surface area contributed by atoms with Gasteiger partial charge in [-0.25, -0.2) is 14.1 Å². The maximum atomic E-state index is 13.0. The van der Waals surface area contributed by atoms with Gasteiger partial charge in [0.2, 0.25) is 0 Å². The van der Waals surface area contributed by atoms with Crippen molar-refractivity contribution in [1.82, 2.24) is 4.90 Å². The van der Waals surface area contributed by atoms with Crippen molar-refractivity contribution in [2.75, 3.05) is 26.8 Å². The number of ether oxygens (including phenoxy) is 3. The van der Waals surface area contributed by atoms with Crippen LogP contribution in [0.5, 0.6) is 11.5 Å². The van der Waals surface area contributed by atoms with Crippen molar-refractivity contribution < 1.29 is 28.0 Å². The molecule has 202 valence electrons. The number of Topliss-reactive ketones (excluding diaryl/α,β-unsaturated/α-hetero) is 1. The highest BCUT2D eigenvalue weighted by Crippen LogP contribution is 2.32. The van der Waals surface area contributed by atoms with E-state index in [1.165, 1.54) is 0 Å². The van der Waals surface area contributed by atoms with E-state index >= 15 is 0 Å². The molecule has 0 saturated carbocycles. The maximum Gasteiger partial charge on any atom is 0.410 e. The summed E-state index contributed by atoms with van der Waals surface area (Å²) in [5.41, 5.74) is 1.78. The van der Waals surface area contributed by atoms with Gasteiger partial charge in [-0.3, -0.25) is 4.79 Å². The Labute approximate surface area is 222 Å². The van der Waals surface area contributed by atoms with Crippen LogP contribution in [-0.2, 0) is 28.6 Å². The van der Waals surface area contributed by atoms with Gasteiger partial charge in [0.25, 0.3) is 0 Å². The van der Waals surface area contributed by atoms with Crippen LogP contribution >= 0.6 is 0 Å². The van der Waals surface area contributed by atoms with Crippen molar-refractivity contribution in [2.24, 2.45) is 5.14 Å². The zero-order chi connectivity index (χ0) is 27.0. The Kier molecular flexibility index (Phi) is 10.1. The van der Waals surface area contributed by atoms with E-state index in [4.69, 9.17) is 19.3 Å². The minimum Gasteiger partial charge on any atom is -0.496 e. The fraction of sp³-hybridized carbons (Fsp3) is 0.500. The first-order valence-corrected chi connectivity index (χ1v) is 13.9. The number of nitrogens with two attached hydrogens (primary N) is 1. The van der Waals surface area contributed by atoms with Crippen LogP contribution in [0.2, 0.25) is 0 Å². The number of methoxy groups -OCH3 is 1. The van der Waals surface area contributed by atoms with Crippen LogP contribution < -0.4 is 14.6 Å². The van der Waals surface area contributed by atoms with Crippen LogP contribution in [0.3, 0.4) is 0 Å². The minimum atomic E-state index is -1.74. The molecule has 2 N–H and O–H groups in total. The van der Waals surface area contributed by atoms with Crippen molar-refractivity contribution >= 4 is 22.9 Å². The molecule has 1 aliphatic rings. The Morgan fingerprint density at radius 1 is 1.14 bits per heavy atom. The molecule has 0 fully saturated rings. The Morgan fingerprint density at radius 2 is 1.89 bits per heavy atom. The van der Waals surface area contributed by atoms with Crippen LogP contribution in [-0.4, -0.2) is 53.4 Å². The number of benzene rings is 2. The first-order chi connectivity index (χ1) is 17.6. The molecule has 37 heavy (non-hydrogen) atoms. The summed E-state index contributed by atoms with van der Waals surface area (Å²) in [4.78, 5) is 27.9. The zero-order valence-electron chi connectivity index (χ0n) is 22.2. The van der Waals surface area contributed by atoms with Gasteiger partial charge in [-0.1, -0.05) is 18.2 Å². The molecule has 1 amide bonds. The van der Waals surface area contributed by atoms with Crippen molar-refractivity contribution in [3.8, 4) is 11.5 Å². The molecule has 3 rings (SSSR count). The average Bonchev–Trinajstić information content (AvgIpc) is 2.86. The van der Waals surface area contributed by atoms with Crippen LogP contribution in [0, 0.1) is 0 Å². The second-order valence-corrected chi connectivity index (χ2v) is 11.2. The largest absolute Gasteiger partial charge is 0.496 e. The van der Waals surface area contributed by atoms with Crippen molar-refractivity contribution in [3.05, 3.63) is 53.1 Å². The van der Waals surface area contributed by atoms with Crippen LogP contribution in [0.4, 0.5) is 4.79 Å². The molecule has 9 heteroatoms. The van der Waals surface area contributed by atoms with Gasteiger partial charge in [0.15, 0.2) is 5.78 Å². The van der Waals surface area contributed by atoms with E-state index in [0.717, 1.165) is 29.7 Å². The summed E-state index contributed by atoms with van der Waals surface area (Å²) in [6.45, 7) is 7.01. The SMILES string of the molecule is COc1ccccc1CCN(CCCCC(=O)c1cc2c(c(S(N)=O)c1)OCCC2)C(=O)OC(C)(C)C. The van der Waals surface area contributed by atoms with Gasteiger partial charge in [-0.05, 0) is 82.2 Å². The molecule has 0 aromatic heterocycles. The number of amides is 1. The van der Waals surface area contributed by atoms with E-state index in [2.05, 4.69) is 0 Å². The number of hydrogen-bond donors (Lipinski definition) is 1. The molecule has 1 aliphatic heterocycles. The summed E-state index contributed by atoms with van der Waals surface area (Å²) >= 11 is 0. The van der Waals surface area contributed by atoms with Gasteiger partial charge >= 0.3 is 6.09 Å². The molecule has 0 aliphatic carbocycles. The lowest BCUT2D eigenvalue weighted by Crippen LogP contribution is -2.38. The predicted molar refractivity (Wildman–Crippen MR) is 144 cm³/mol. The summed E-state index contributed by atoms with van der Waals surface area (Å²) in [6, 6.07) is 11.2. The smallest absolute Gasteiger partial charge is 0.410 e. The molecule has 0 bridgehead atoms. The fourth-order valence-corrected chi connectivity index (χ4v) is 4.89. The molecule has 2 aromatic carbocycles. The predicted octanol–water partition coefficient (Wildman–Crippen LogP) is 4.83. The number of para-hydroxylation sites is 1. The fourth-order valence-electron chi connectivity index (χ4n) is 4.28. The third-order valence-electron chi connectivity index (χ3n) is 6.08. The molecule has 0 radical (unpaired) electrons. The summed E-state index contributed by atoms with van der Waals surface area (Å²) in [5.74, 6) is 1.29. The van der Waals surface area contributed by atoms with Gasteiger partial charge in [-0.15, -0.1) is 0 Å². The summed E-state index contributed by atoms with van der Waals surface area (Å²) in [5, 5.41) is 5.65. The number of ketones is 1. The average molecular weight is 531 g/mol. The lowest BCUT2D eigenvalue weighted by Gasteiger charge is -2.27. The summed E-state index contributed by atoms with van der Waals surface area (Å²) < 4.78 is 28.7. The van der Waals surface area contributed by atoms with Gasteiger partial charge in [0.05, 0.1) is 18.6 Å². The summed E-state index contributed by atoms with van der Waals surface area (Å²) in [7, 11) is -0.107. The molecule has 0 saturated heterocycles. The lowest BCUT2D eigenvalue weighted by atomic mass is 9.99. The van der Waals surface area contributed by atoms with Crippen LogP contribution in [0.15, 0.2) is 41.3 Å². The van der Waals surface area contributed by atoms with E-state index in [9.17, 15) is 13.8 Å². The van der Waals surface area contributed by atoms with Crippen LogP contribution in [0.25, 0.3) is 0 Å². The van der Waals surface area contributed by atoms with Gasteiger partial charge < -0.3 is 19.1 Å².